The van der Waals surface area contributed by atoms with E-state index in [2.05, 4.69) is 0 Å². The maximum atomic E-state index is 5.62. The fourth-order valence-corrected chi connectivity index (χ4v) is 1.48. The van der Waals surface area contributed by atoms with Gasteiger partial charge in [-0.1, -0.05) is 0 Å². The molecular weight excluding hydrogens is 198 g/mol. The van der Waals surface area contributed by atoms with Crippen molar-refractivity contribution in [3.8, 4) is 0 Å². The van der Waals surface area contributed by atoms with Gasteiger partial charge in [0.15, 0.2) is 13.0 Å². The van der Waals surface area contributed by atoms with Crippen molar-refractivity contribution in [3.63, 3.8) is 0 Å². The minimum Gasteiger partial charge on any atom is -0.379 e. The SMILES string of the molecule is CCOC(COC)OC[NH+]1CCOCC1. The minimum absolute atomic E-state index is 0.240. The van der Waals surface area contributed by atoms with Crippen LogP contribution < -0.4 is 4.90 Å². The van der Waals surface area contributed by atoms with Crippen molar-refractivity contribution in [1.82, 2.24) is 0 Å². The van der Waals surface area contributed by atoms with E-state index in [9.17, 15) is 0 Å². The summed E-state index contributed by atoms with van der Waals surface area (Å²) in [5.74, 6) is 0. The van der Waals surface area contributed by atoms with Crippen molar-refractivity contribution in [2.24, 2.45) is 0 Å². The lowest BCUT2D eigenvalue weighted by atomic mass is 10.5. The molecule has 1 fully saturated rings. The first-order valence-corrected chi connectivity index (χ1v) is 5.50. The van der Waals surface area contributed by atoms with E-state index < -0.39 is 0 Å². The summed E-state index contributed by atoms with van der Waals surface area (Å²) in [5, 5.41) is 0. The highest BCUT2D eigenvalue weighted by Gasteiger charge is 2.16. The third-order valence-electron chi connectivity index (χ3n) is 2.33. The molecule has 0 spiro atoms. The Balaban J connectivity index is 2.13. The van der Waals surface area contributed by atoms with Gasteiger partial charge in [0, 0.05) is 13.7 Å². The molecular formula is C10H22NO4+. The molecule has 0 radical (unpaired) electrons. The largest absolute Gasteiger partial charge is 0.379 e. The van der Waals surface area contributed by atoms with Crippen LogP contribution in [0.25, 0.3) is 0 Å². The summed E-state index contributed by atoms with van der Waals surface area (Å²) in [5.41, 5.74) is 0. The molecule has 0 aromatic rings. The number of nitrogens with one attached hydrogen (secondary N) is 1. The quantitative estimate of drug-likeness (QED) is 0.552. The molecule has 0 saturated carbocycles. The molecule has 1 rings (SSSR count). The van der Waals surface area contributed by atoms with Crippen molar-refractivity contribution < 1.29 is 23.8 Å². The van der Waals surface area contributed by atoms with Crippen LogP contribution in [0.4, 0.5) is 0 Å². The molecule has 0 bridgehead atoms. The summed E-state index contributed by atoms with van der Waals surface area (Å²) in [6.07, 6.45) is -0.240. The number of hydrogen-bond donors (Lipinski definition) is 1. The lowest BCUT2D eigenvalue weighted by Crippen LogP contribution is -3.14. The Morgan fingerprint density at radius 1 is 1.27 bits per heavy atom. The molecule has 90 valence electrons. The molecule has 1 saturated heterocycles. The molecule has 1 aliphatic rings. The van der Waals surface area contributed by atoms with Crippen LogP contribution in [0.5, 0.6) is 0 Å². The smallest absolute Gasteiger partial charge is 0.186 e. The topological polar surface area (TPSA) is 41.4 Å². The molecule has 1 N–H and O–H groups in total. The molecule has 1 heterocycles. The average molecular weight is 220 g/mol. The monoisotopic (exact) mass is 220 g/mol. The Labute approximate surface area is 91.2 Å². The Hall–Kier alpha value is -0.200. The fourth-order valence-electron chi connectivity index (χ4n) is 1.48. The molecule has 1 aliphatic heterocycles. The Morgan fingerprint density at radius 2 is 2.00 bits per heavy atom. The standard InChI is InChI=1S/C10H21NO4/c1-3-14-10(8-12-2)15-9-11-4-6-13-7-5-11/h10H,3-9H2,1-2H3/p+1. The number of quaternary nitrogens is 1. The third kappa shape index (κ3) is 5.44. The number of morpholine rings is 1. The van der Waals surface area contributed by atoms with Crippen LogP contribution in [0.3, 0.4) is 0 Å². The van der Waals surface area contributed by atoms with Crippen LogP contribution in [0.2, 0.25) is 0 Å². The van der Waals surface area contributed by atoms with Gasteiger partial charge in [-0.25, -0.2) is 0 Å². The maximum absolute atomic E-state index is 5.62. The summed E-state index contributed by atoms with van der Waals surface area (Å²) in [6.45, 7) is 7.40. The van der Waals surface area contributed by atoms with Gasteiger partial charge in [0.05, 0.1) is 19.8 Å². The second-order valence-corrected chi connectivity index (χ2v) is 3.51. The number of ether oxygens (including phenoxy) is 4. The zero-order chi connectivity index (χ0) is 10.9. The van der Waals surface area contributed by atoms with Crippen molar-refractivity contribution in [3.05, 3.63) is 0 Å². The van der Waals surface area contributed by atoms with Crippen LogP contribution in [0, 0.1) is 0 Å². The highest BCUT2D eigenvalue weighted by molar-refractivity contribution is 4.40. The zero-order valence-electron chi connectivity index (χ0n) is 9.66. The van der Waals surface area contributed by atoms with E-state index in [-0.39, 0.29) is 6.29 Å². The van der Waals surface area contributed by atoms with Crippen LogP contribution >= 0.6 is 0 Å². The highest BCUT2D eigenvalue weighted by atomic mass is 16.7. The van der Waals surface area contributed by atoms with Gasteiger partial charge >= 0.3 is 0 Å². The second kappa shape index (κ2) is 8.01. The number of rotatable bonds is 7. The summed E-state index contributed by atoms with van der Waals surface area (Å²) < 4.78 is 21.3. The van der Waals surface area contributed by atoms with Gasteiger partial charge in [-0.2, -0.15) is 0 Å². The van der Waals surface area contributed by atoms with Gasteiger partial charge in [-0.3, -0.25) is 0 Å². The first-order valence-electron chi connectivity index (χ1n) is 5.50. The minimum atomic E-state index is -0.240. The van der Waals surface area contributed by atoms with Crippen LogP contribution in [0.15, 0.2) is 0 Å². The molecule has 15 heavy (non-hydrogen) atoms. The van der Waals surface area contributed by atoms with E-state index in [1.54, 1.807) is 7.11 Å². The lowest BCUT2D eigenvalue weighted by molar-refractivity contribution is -0.928. The second-order valence-electron chi connectivity index (χ2n) is 3.51. The molecule has 5 nitrogen and oxygen atoms in total. The molecule has 0 aromatic heterocycles. The van der Waals surface area contributed by atoms with E-state index in [0.29, 0.717) is 19.9 Å². The normalized spacial score (nSPS) is 20.4. The van der Waals surface area contributed by atoms with Gasteiger partial charge in [0.25, 0.3) is 0 Å². The maximum Gasteiger partial charge on any atom is 0.186 e. The highest BCUT2D eigenvalue weighted by Crippen LogP contribution is 1.93. The summed E-state index contributed by atoms with van der Waals surface area (Å²) in [4.78, 5) is 1.40. The molecule has 1 atom stereocenters. The number of hydrogen-bond acceptors (Lipinski definition) is 4. The van der Waals surface area contributed by atoms with Gasteiger partial charge < -0.3 is 23.8 Å². The van der Waals surface area contributed by atoms with Crippen molar-refractivity contribution in [2.45, 2.75) is 13.2 Å². The summed E-state index contributed by atoms with van der Waals surface area (Å²) in [7, 11) is 1.65. The van der Waals surface area contributed by atoms with Gasteiger partial charge in [0.1, 0.15) is 13.1 Å². The van der Waals surface area contributed by atoms with Crippen molar-refractivity contribution >= 4 is 0 Å². The van der Waals surface area contributed by atoms with Gasteiger partial charge in [-0.05, 0) is 6.92 Å². The lowest BCUT2D eigenvalue weighted by Gasteiger charge is -2.25. The van der Waals surface area contributed by atoms with E-state index >= 15 is 0 Å². The number of methoxy groups -OCH3 is 1. The Kier molecular flexibility index (Phi) is 6.87. The Morgan fingerprint density at radius 3 is 2.60 bits per heavy atom. The van der Waals surface area contributed by atoms with E-state index in [0.717, 1.165) is 26.3 Å². The zero-order valence-corrected chi connectivity index (χ0v) is 9.66. The Bertz CT molecular complexity index is 144. The van der Waals surface area contributed by atoms with Gasteiger partial charge in [-0.15, -0.1) is 0 Å². The first kappa shape index (κ1) is 12.9. The summed E-state index contributed by atoms with van der Waals surface area (Å²) in [6, 6.07) is 0. The molecule has 5 heteroatoms. The van der Waals surface area contributed by atoms with E-state index in [1.807, 2.05) is 6.92 Å². The van der Waals surface area contributed by atoms with Crippen LogP contribution in [-0.4, -0.2) is 59.6 Å². The molecule has 0 aromatic carbocycles. The predicted octanol–water partition coefficient (Wildman–Crippen LogP) is -1.12. The van der Waals surface area contributed by atoms with Crippen molar-refractivity contribution in [1.29, 1.82) is 0 Å². The fraction of sp³-hybridized carbons (Fsp3) is 1.00. The molecule has 1 unspecified atom stereocenters. The third-order valence-corrected chi connectivity index (χ3v) is 2.33. The average Bonchev–Trinajstić information content (AvgIpc) is 2.28. The first-order chi connectivity index (χ1) is 7.36. The van der Waals surface area contributed by atoms with E-state index in [4.69, 9.17) is 18.9 Å². The molecule has 0 amide bonds. The van der Waals surface area contributed by atoms with Crippen molar-refractivity contribution in [2.75, 3.05) is 53.4 Å². The molecule has 0 aliphatic carbocycles. The van der Waals surface area contributed by atoms with E-state index in [1.165, 1.54) is 4.90 Å². The van der Waals surface area contributed by atoms with Crippen LogP contribution in [-0.2, 0) is 18.9 Å². The van der Waals surface area contributed by atoms with Crippen LogP contribution in [0.1, 0.15) is 6.92 Å². The van der Waals surface area contributed by atoms with Gasteiger partial charge in [0.2, 0.25) is 0 Å². The predicted molar refractivity (Wildman–Crippen MR) is 54.8 cm³/mol. The summed E-state index contributed by atoms with van der Waals surface area (Å²) >= 11 is 0.